The minimum Gasteiger partial charge on any atom is -0.481 e. The number of aryl methyl sites for hydroxylation is 1. The largest absolute Gasteiger partial charge is 0.481 e. The van der Waals surface area contributed by atoms with Gasteiger partial charge in [0, 0.05) is 14.2 Å². The van der Waals surface area contributed by atoms with Crippen molar-refractivity contribution < 1.29 is 9.90 Å². The lowest BCUT2D eigenvalue weighted by molar-refractivity contribution is -0.141. The first kappa shape index (κ1) is 10.7. The van der Waals surface area contributed by atoms with Gasteiger partial charge in [0.2, 0.25) is 0 Å². The topological polar surface area (TPSA) is 37.3 Å². The molecule has 1 rings (SSSR count). The van der Waals surface area contributed by atoms with Crippen LogP contribution in [-0.4, -0.2) is 11.1 Å². The van der Waals surface area contributed by atoms with Gasteiger partial charge in [0.25, 0.3) is 0 Å². The van der Waals surface area contributed by atoms with Crippen LogP contribution in [0.1, 0.15) is 16.7 Å². The van der Waals surface area contributed by atoms with Crippen LogP contribution in [0.5, 0.6) is 0 Å². The van der Waals surface area contributed by atoms with Crippen LogP contribution >= 0.6 is 27.3 Å². The Hall–Kier alpha value is -0.350. The third-order valence-corrected chi connectivity index (χ3v) is 3.84. The summed E-state index contributed by atoms with van der Waals surface area (Å²) in [7, 11) is 0. The molecule has 0 radical (unpaired) electrons. The summed E-state index contributed by atoms with van der Waals surface area (Å²) in [5, 5.41) is 8.73. The van der Waals surface area contributed by atoms with Crippen LogP contribution in [0.15, 0.2) is 10.5 Å². The zero-order chi connectivity index (χ0) is 10.0. The molecule has 1 aromatic heterocycles. The molecule has 1 aromatic rings. The average molecular weight is 263 g/mol. The van der Waals surface area contributed by atoms with Crippen molar-refractivity contribution in [3.05, 3.63) is 20.3 Å². The van der Waals surface area contributed by atoms with E-state index in [2.05, 4.69) is 15.9 Å². The van der Waals surface area contributed by atoms with Crippen molar-refractivity contribution in [3.63, 3.8) is 0 Å². The van der Waals surface area contributed by atoms with E-state index in [9.17, 15) is 4.79 Å². The molecular formula is C9H11BrO2S. The van der Waals surface area contributed by atoms with Crippen LogP contribution in [-0.2, 0) is 11.2 Å². The van der Waals surface area contributed by atoms with E-state index in [1.807, 2.05) is 13.0 Å². The molecule has 2 nitrogen and oxygen atoms in total. The fourth-order valence-corrected chi connectivity index (χ4v) is 2.99. The number of halogens is 1. The Morgan fingerprint density at radius 1 is 1.77 bits per heavy atom. The smallest absolute Gasteiger partial charge is 0.306 e. The molecule has 0 aliphatic rings. The Labute approximate surface area is 89.7 Å². The lowest BCUT2D eigenvalue weighted by Crippen LogP contribution is -2.11. The molecule has 0 saturated heterocycles. The van der Waals surface area contributed by atoms with Crippen LogP contribution < -0.4 is 0 Å². The standard InChI is InChI=1S/C9H11BrO2S/c1-5(9(11)12)3-8-7(10)4-6(2)13-8/h4-5H,3H2,1-2H3,(H,11,12). The van der Waals surface area contributed by atoms with Crippen molar-refractivity contribution >= 4 is 33.2 Å². The van der Waals surface area contributed by atoms with Gasteiger partial charge in [-0.2, -0.15) is 0 Å². The molecule has 0 bridgehead atoms. The molecular weight excluding hydrogens is 252 g/mol. The molecule has 0 spiro atoms. The first-order valence-electron chi connectivity index (χ1n) is 3.98. The summed E-state index contributed by atoms with van der Waals surface area (Å²) in [5.74, 6) is -1.05. The van der Waals surface area contributed by atoms with Gasteiger partial charge in [-0.1, -0.05) is 6.92 Å². The van der Waals surface area contributed by atoms with Gasteiger partial charge in [-0.05, 0) is 35.3 Å². The quantitative estimate of drug-likeness (QED) is 0.909. The summed E-state index contributed by atoms with van der Waals surface area (Å²) in [4.78, 5) is 12.9. The van der Waals surface area contributed by atoms with Crippen molar-refractivity contribution in [2.45, 2.75) is 20.3 Å². The SMILES string of the molecule is Cc1cc(Br)c(CC(C)C(=O)O)s1. The lowest BCUT2D eigenvalue weighted by atomic mass is 10.1. The summed E-state index contributed by atoms with van der Waals surface area (Å²) < 4.78 is 1.03. The second-order valence-corrected chi connectivity index (χ2v) is 5.27. The number of carboxylic acids is 1. The van der Waals surface area contributed by atoms with Crippen molar-refractivity contribution in [2.24, 2.45) is 5.92 Å². The van der Waals surface area contributed by atoms with Crippen LogP contribution in [0.4, 0.5) is 0 Å². The van der Waals surface area contributed by atoms with E-state index in [-0.39, 0.29) is 5.92 Å². The molecule has 1 N–H and O–H groups in total. The summed E-state index contributed by atoms with van der Waals surface area (Å²) in [6, 6.07) is 2.02. The summed E-state index contributed by atoms with van der Waals surface area (Å²) >= 11 is 5.06. The second-order valence-electron chi connectivity index (χ2n) is 3.07. The number of thiophene rings is 1. The number of hydrogen-bond donors (Lipinski definition) is 1. The highest BCUT2D eigenvalue weighted by Crippen LogP contribution is 2.28. The molecule has 1 heterocycles. The van der Waals surface area contributed by atoms with Gasteiger partial charge in [-0.3, -0.25) is 4.79 Å². The van der Waals surface area contributed by atoms with Gasteiger partial charge >= 0.3 is 5.97 Å². The molecule has 1 unspecified atom stereocenters. The van der Waals surface area contributed by atoms with Gasteiger partial charge in [0.1, 0.15) is 0 Å². The Bertz CT molecular complexity index is 319. The molecule has 4 heteroatoms. The van der Waals surface area contributed by atoms with Crippen molar-refractivity contribution in [2.75, 3.05) is 0 Å². The second kappa shape index (κ2) is 4.24. The molecule has 0 amide bonds. The minimum absolute atomic E-state index is 0.311. The minimum atomic E-state index is -0.738. The van der Waals surface area contributed by atoms with E-state index in [0.717, 1.165) is 9.35 Å². The van der Waals surface area contributed by atoms with Crippen molar-refractivity contribution in [1.29, 1.82) is 0 Å². The van der Waals surface area contributed by atoms with Gasteiger partial charge in [-0.25, -0.2) is 0 Å². The molecule has 72 valence electrons. The van der Waals surface area contributed by atoms with Gasteiger partial charge in [0.15, 0.2) is 0 Å². The Morgan fingerprint density at radius 3 is 2.77 bits per heavy atom. The van der Waals surface area contributed by atoms with E-state index < -0.39 is 5.97 Å². The van der Waals surface area contributed by atoms with Gasteiger partial charge in [-0.15, -0.1) is 11.3 Å². The highest BCUT2D eigenvalue weighted by molar-refractivity contribution is 9.10. The summed E-state index contributed by atoms with van der Waals surface area (Å²) in [5.41, 5.74) is 0. The normalized spacial score (nSPS) is 12.8. The maximum Gasteiger partial charge on any atom is 0.306 e. The van der Waals surface area contributed by atoms with E-state index in [0.29, 0.717) is 6.42 Å². The van der Waals surface area contributed by atoms with E-state index in [1.165, 1.54) is 4.88 Å². The Balaban J connectivity index is 2.74. The summed E-state index contributed by atoms with van der Waals surface area (Å²) in [6.07, 6.45) is 0.606. The first-order chi connectivity index (χ1) is 6.00. The molecule has 0 saturated carbocycles. The van der Waals surface area contributed by atoms with Crippen LogP contribution in [0, 0.1) is 12.8 Å². The predicted molar refractivity (Wildman–Crippen MR) is 57.3 cm³/mol. The molecule has 0 aliphatic heterocycles. The zero-order valence-electron chi connectivity index (χ0n) is 7.50. The van der Waals surface area contributed by atoms with E-state index >= 15 is 0 Å². The monoisotopic (exact) mass is 262 g/mol. The van der Waals surface area contributed by atoms with Crippen LogP contribution in [0.2, 0.25) is 0 Å². The molecule has 0 aromatic carbocycles. The maximum atomic E-state index is 10.6. The zero-order valence-corrected chi connectivity index (χ0v) is 9.91. The number of carboxylic acid groups (broad SMARTS) is 1. The highest BCUT2D eigenvalue weighted by Gasteiger charge is 2.14. The highest BCUT2D eigenvalue weighted by atomic mass is 79.9. The molecule has 1 atom stereocenters. The van der Waals surface area contributed by atoms with Crippen LogP contribution in [0.25, 0.3) is 0 Å². The van der Waals surface area contributed by atoms with Gasteiger partial charge in [0.05, 0.1) is 5.92 Å². The predicted octanol–water partition coefficient (Wildman–Crippen LogP) is 3.08. The number of hydrogen-bond acceptors (Lipinski definition) is 2. The van der Waals surface area contributed by atoms with Gasteiger partial charge < -0.3 is 5.11 Å². The Morgan fingerprint density at radius 2 is 2.38 bits per heavy atom. The van der Waals surface area contributed by atoms with Crippen LogP contribution in [0.3, 0.4) is 0 Å². The fraction of sp³-hybridized carbons (Fsp3) is 0.444. The van der Waals surface area contributed by atoms with Crippen molar-refractivity contribution in [1.82, 2.24) is 0 Å². The Kier molecular flexibility index (Phi) is 3.50. The molecule has 0 aliphatic carbocycles. The van der Waals surface area contributed by atoms with E-state index in [4.69, 9.17) is 5.11 Å². The van der Waals surface area contributed by atoms with Crippen molar-refractivity contribution in [3.8, 4) is 0 Å². The lowest BCUT2D eigenvalue weighted by Gasteiger charge is -2.03. The van der Waals surface area contributed by atoms with E-state index in [1.54, 1.807) is 18.3 Å². The first-order valence-corrected chi connectivity index (χ1v) is 5.59. The molecule has 0 fully saturated rings. The maximum absolute atomic E-state index is 10.6. The number of carbonyl (C=O) groups is 1. The fourth-order valence-electron chi connectivity index (χ4n) is 1.04. The number of aliphatic carboxylic acids is 1. The number of rotatable bonds is 3. The summed E-state index contributed by atoms with van der Waals surface area (Å²) in [6.45, 7) is 3.74. The third-order valence-electron chi connectivity index (χ3n) is 1.79. The average Bonchev–Trinajstić information content (AvgIpc) is 2.30. The third kappa shape index (κ3) is 2.81. The molecule has 13 heavy (non-hydrogen) atoms.